The predicted octanol–water partition coefficient (Wildman–Crippen LogP) is 1.80. The molecule has 2 N–H and O–H groups in total. The van der Waals surface area contributed by atoms with E-state index < -0.39 is 6.08 Å². The minimum Gasteiger partial charge on any atom is -0.359 e. The van der Waals surface area contributed by atoms with Crippen molar-refractivity contribution in [3.63, 3.8) is 0 Å². The Morgan fingerprint density at radius 3 is 2.85 bits per heavy atom. The van der Waals surface area contributed by atoms with E-state index in [1.54, 1.807) is 32.3 Å². The summed E-state index contributed by atoms with van der Waals surface area (Å²) in [6.45, 7) is 0.238. The van der Waals surface area contributed by atoms with Crippen LogP contribution in [0.1, 0.15) is 6.42 Å². The van der Waals surface area contributed by atoms with Crippen molar-refractivity contribution >= 4 is 40.0 Å². The number of nitrogens with zero attached hydrogens (tertiary/aromatic N) is 4. The maximum absolute atomic E-state index is 13.2. The number of nitrogens with one attached hydrogen (secondary N) is 2. The molecule has 10 heteroatoms. The molecule has 0 atom stereocenters. The molecule has 0 saturated carbocycles. The number of imidazole rings is 1. The Morgan fingerprint density at radius 2 is 2.12 bits per heavy atom. The summed E-state index contributed by atoms with van der Waals surface area (Å²) in [4.78, 5) is 30.9. The van der Waals surface area contributed by atoms with Gasteiger partial charge < -0.3 is 10.6 Å². The van der Waals surface area contributed by atoms with E-state index >= 15 is 0 Å². The number of rotatable bonds is 5. The molecule has 26 heavy (non-hydrogen) atoms. The second kappa shape index (κ2) is 7.12. The molecule has 3 aromatic rings. The summed E-state index contributed by atoms with van der Waals surface area (Å²) in [6, 6.07) is 5.19. The van der Waals surface area contributed by atoms with Crippen molar-refractivity contribution in [1.29, 1.82) is 0 Å². The smallest absolute Gasteiger partial charge is 0.328 e. The fourth-order valence-corrected chi connectivity index (χ4v) is 2.75. The number of carbonyl (C=O) groups excluding carboxylic acids is 1. The van der Waals surface area contributed by atoms with Gasteiger partial charge in [0.2, 0.25) is 5.91 Å². The summed E-state index contributed by atoms with van der Waals surface area (Å²) in [5.74, 6) is -0.0415. The monoisotopic (exact) mass is 378 g/mol. The lowest BCUT2D eigenvalue weighted by molar-refractivity contribution is -0.120. The minimum absolute atomic E-state index is 0.119. The molecular weight excluding hydrogens is 363 g/mol. The fourth-order valence-electron chi connectivity index (χ4n) is 2.61. The summed E-state index contributed by atoms with van der Waals surface area (Å²) in [5.41, 5.74) is 1.68. The quantitative estimate of drug-likeness (QED) is 0.660. The largest absolute Gasteiger partial charge is 0.359 e. The van der Waals surface area contributed by atoms with Crippen molar-refractivity contribution in [3.05, 3.63) is 46.0 Å². The van der Waals surface area contributed by atoms with Gasteiger partial charge in [0.25, 0.3) is 0 Å². The van der Waals surface area contributed by atoms with E-state index in [0.717, 1.165) is 6.20 Å². The highest BCUT2D eigenvalue weighted by atomic mass is 35.5. The van der Waals surface area contributed by atoms with E-state index in [9.17, 15) is 14.0 Å². The number of halogens is 2. The number of hydrogen-bond acceptors (Lipinski definition) is 5. The van der Waals surface area contributed by atoms with Crippen LogP contribution in [0.4, 0.5) is 15.9 Å². The molecule has 2 heterocycles. The average molecular weight is 379 g/mol. The van der Waals surface area contributed by atoms with Crippen LogP contribution in [0.2, 0.25) is 5.02 Å². The zero-order chi connectivity index (χ0) is 18.8. The molecular formula is C16H16ClFN6O2. The van der Waals surface area contributed by atoms with Crippen LogP contribution in [0.3, 0.4) is 0 Å². The molecule has 1 aromatic carbocycles. The first kappa shape index (κ1) is 17.9. The first-order valence-corrected chi connectivity index (χ1v) is 8.13. The minimum atomic E-state index is -0.903. The Labute approximate surface area is 152 Å². The number of anilines is 2. The lowest BCUT2D eigenvalue weighted by Gasteiger charge is -2.08. The summed E-state index contributed by atoms with van der Waals surface area (Å²) in [5, 5.41) is 5.60. The third kappa shape index (κ3) is 3.38. The van der Waals surface area contributed by atoms with Gasteiger partial charge in [0.15, 0.2) is 5.82 Å². The van der Waals surface area contributed by atoms with Crippen LogP contribution in [0.15, 0.2) is 29.2 Å². The van der Waals surface area contributed by atoms with E-state index in [1.165, 1.54) is 9.13 Å². The van der Waals surface area contributed by atoms with Gasteiger partial charge in [-0.2, -0.15) is 9.37 Å². The summed E-state index contributed by atoms with van der Waals surface area (Å²) < 4.78 is 16.2. The number of benzene rings is 1. The number of fused-ring (bicyclic) bond motifs is 1. The molecule has 0 saturated heterocycles. The van der Waals surface area contributed by atoms with E-state index in [2.05, 4.69) is 20.6 Å². The molecule has 0 unspecified atom stereocenters. The Morgan fingerprint density at radius 1 is 1.35 bits per heavy atom. The maximum atomic E-state index is 13.2. The summed E-state index contributed by atoms with van der Waals surface area (Å²) >= 11 is 5.97. The Hall–Kier alpha value is -2.94. The van der Waals surface area contributed by atoms with Crippen LogP contribution in [-0.2, 0) is 18.4 Å². The molecule has 0 aliphatic heterocycles. The van der Waals surface area contributed by atoms with Gasteiger partial charge in [0.05, 0.1) is 17.2 Å². The van der Waals surface area contributed by atoms with Crippen molar-refractivity contribution in [2.24, 2.45) is 7.05 Å². The van der Waals surface area contributed by atoms with Crippen molar-refractivity contribution in [2.45, 2.75) is 13.0 Å². The molecule has 3 rings (SSSR count). The van der Waals surface area contributed by atoms with Crippen LogP contribution in [-0.4, -0.2) is 32.1 Å². The topological polar surface area (TPSA) is 93.8 Å². The zero-order valence-electron chi connectivity index (χ0n) is 14.1. The van der Waals surface area contributed by atoms with Gasteiger partial charge >= 0.3 is 11.8 Å². The lowest BCUT2D eigenvalue weighted by atomic mass is 10.2. The van der Waals surface area contributed by atoms with Crippen molar-refractivity contribution < 1.29 is 9.18 Å². The van der Waals surface area contributed by atoms with Crippen molar-refractivity contribution in [2.75, 3.05) is 12.4 Å². The Kier molecular flexibility index (Phi) is 4.90. The Bertz CT molecular complexity index is 1050. The number of carbonyl (C=O) groups is 1. The third-order valence-corrected chi connectivity index (χ3v) is 4.24. The highest BCUT2D eigenvalue weighted by Crippen LogP contribution is 2.25. The van der Waals surface area contributed by atoms with Gasteiger partial charge in [-0.15, -0.1) is 0 Å². The molecule has 0 bridgehead atoms. The van der Waals surface area contributed by atoms with Crippen LogP contribution in [0.5, 0.6) is 0 Å². The highest BCUT2D eigenvalue weighted by Gasteiger charge is 2.13. The predicted molar refractivity (Wildman–Crippen MR) is 96.1 cm³/mol. The third-order valence-electron chi connectivity index (χ3n) is 3.96. The molecule has 136 valence electrons. The van der Waals surface area contributed by atoms with E-state index in [-0.39, 0.29) is 35.4 Å². The van der Waals surface area contributed by atoms with Crippen LogP contribution >= 0.6 is 11.6 Å². The molecule has 0 spiro atoms. The summed E-state index contributed by atoms with van der Waals surface area (Å²) in [6.07, 6.45) is 0.433. The van der Waals surface area contributed by atoms with E-state index in [1.807, 2.05) is 0 Å². The number of aryl methyl sites for hydroxylation is 2. The first-order valence-electron chi connectivity index (χ1n) is 7.75. The molecule has 0 aliphatic carbocycles. The number of amides is 1. The molecule has 1 amide bonds. The highest BCUT2D eigenvalue weighted by molar-refractivity contribution is 6.32. The molecule has 0 fully saturated rings. The molecule has 0 radical (unpaired) electrons. The normalized spacial score (nSPS) is 10.9. The van der Waals surface area contributed by atoms with Gasteiger partial charge in [-0.05, 0) is 18.2 Å². The van der Waals surface area contributed by atoms with Gasteiger partial charge in [0, 0.05) is 32.7 Å². The standard InChI is InChI=1S/C16H16ClFN6O2/c1-19-13(25)5-6-24-12-7-9(3-4-11(12)23(2)16(24)26)21-14-10(17)8-20-15(18)22-14/h3-4,7-8H,5-6H2,1-2H3,(H,19,25)(H,20,21,22). The van der Waals surface area contributed by atoms with Crippen LogP contribution in [0, 0.1) is 6.08 Å². The van der Waals surface area contributed by atoms with Crippen molar-refractivity contribution in [1.82, 2.24) is 24.4 Å². The van der Waals surface area contributed by atoms with Crippen LogP contribution in [0.25, 0.3) is 11.0 Å². The molecule has 2 aromatic heterocycles. The van der Waals surface area contributed by atoms with Gasteiger partial charge in [-0.3, -0.25) is 13.9 Å². The SMILES string of the molecule is CNC(=O)CCn1c(=O)n(C)c2ccc(Nc3nc(F)ncc3Cl)cc21. The lowest BCUT2D eigenvalue weighted by Crippen LogP contribution is -2.26. The summed E-state index contributed by atoms with van der Waals surface area (Å²) in [7, 11) is 3.20. The van der Waals surface area contributed by atoms with Crippen molar-refractivity contribution in [3.8, 4) is 0 Å². The Balaban J connectivity index is 2.00. The van der Waals surface area contributed by atoms with Gasteiger partial charge in [-0.1, -0.05) is 11.6 Å². The second-order valence-electron chi connectivity index (χ2n) is 5.58. The van der Waals surface area contributed by atoms with E-state index in [0.29, 0.717) is 16.7 Å². The average Bonchev–Trinajstić information content (AvgIpc) is 2.86. The van der Waals surface area contributed by atoms with Gasteiger partial charge in [-0.25, -0.2) is 9.78 Å². The number of aromatic nitrogens is 4. The molecule has 0 aliphatic rings. The van der Waals surface area contributed by atoms with Crippen LogP contribution < -0.4 is 16.3 Å². The fraction of sp³-hybridized carbons (Fsp3) is 0.250. The number of hydrogen-bond donors (Lipinski definition) is 2. The van der Waals surface area contributed by atoms with Gasteiger partial charge in [0.1, 0.15) is 5.02 Å². The molecule has 8 nitrogen and oxygen atoms in total. The first-order chi connectivity index (χ1) is 12.4. The second-order valence-corrected chi connectivity index (χ2v) is 5.99. The zero-order valence-corrected chi connectivity index (χ0v) is 14.8. The van der Waals surface area contributed by atoms with E-state index in [4.69, 9.17) is 11.6 Å². The maximum Gasteiger partial charge on any atom is 0.328 e.